The fraction of sp³-hybridized carbons (Fsp3) is 0.294. The van der Waals surface area contributed by atoms with Crippen LogP contribution in [0.15, 0.2) is 52.3 Å². The first-order chi connectivity index (χ1) is 11.6. The third kappa shape index (κ3) is 5.20. The van der Waals surface area contributed by atoms with Crippen LogP contribution in [0, 0.1) is 0 Å². The van der Waals surface area contributed by atoms with Crippen molar-refractivity contribution in [2.24, 2.45) is 0 Å². The Morgan fingerprint density at radius 3 is 2.28 bits per heavy atom. The van der Waals surface area contributed by atoms with Gasteiger partial charge in [-0.25, -0.2) is 16.8 Å². The van der Waals surface area contributed by atoms with E-state index in [0.717, 1.165) is 23.8 Å². The van der Waals surface area contributed by atoms with Gasteiger partial charge in [-0.15, -0.1) is 0 Å². The van der Waals surface area contributed by atoms with Crippen LogP contribution in [0.2, 0.25) is 0 Å². The van der Waals surface area contributed by atoms with Crippen molar-refractivity contribution in [2.45, 2.75) is 23.3 Å². The van der Waals surface area contributed by atoms with Crippen LogP contribution in [-0.4, -0.2) is 36.0 Å². The summed E-state index contributed by atoms with van der Waals surface area (Å²) in [6.45, 7) is 2.83. The molecule has 2 aromatic carbocycles. The molecule has 0 spiro atoms. The fourth-order valence-electron chi connectivity index (χ4n) is 2.30. The molecule has 6 nitrogen and oxygen atoms in total. The van der Waals surface area contributed by atoms with Crippen molar-refractivity contribution < 1.29 is 21.6 Å². The molecule has 0 saturated carbocycles. The first kappa shape index (κ1) is 19.3. The topological polar surface area (TPSA) is 89.5 Å². The Morgan fingerprint density at radius 2 is 1.68 bits per heavy atom. The number of anilines is 1. The van der Waals surface area contributed by atoms with Crippen molar-refractivity contribution in [2.75, 3.05) is 24.4 Å². The van der Waals surface area contributed by atoms with E-state index in [1.54, 1.807) is 0 Å². The number of sulfone groups is 2. The number of nitrogens with one attached hydrogen (secondary N) is 1. The lowest BCUT2D eigenvalue weighted by atomic mass is 10.2. The molecule has 0 heterocycles. The second-order valence-electron chi connectivity index (χ2n) is 5.64. The second kappa shape index (κ2) is 7.45. The van der Waals surface area contributed by atoms with Crippen LogP contribution in [0.1, 0.15) is 12.5 Å². The van der Waals surface area contributed by atoms with E-state index >= 15 is 0 Å². The zero-order chi connectivity index (χ0) is 18.7. The Hall–Kier alpha value is -2.06. The third-order valence-electron chi connectivity index (χ3n) is 3.47. The lowest BCUT2D eigenvalue weighted by Crippen LogP contribution is -2.08. The van der Waals surface area contributed by atoms with Crippen LogP contribution in [-0.2, 0) is 26.2 Å². The molecule has 0 bridgehead atoms. The third-order valence-corrected chi connectivity index (χ3v) is 5.72. The van der Waals surface area contributed by atoms with E-state index in [2.05, 4.69) is 5.32 Å². The van der Waals surface area contributed by atoms with Crippen molar-refractivity contribution in [1.82, 2.24) is 0 Å². The van der Waals surface area contributed by atoms with Gasteiger partial charge in [0.1, 0.15) is 5.75 Å². The highest BCUT2D eigenvalue weighted by molar-refractivity contribution is 7.91. The highest BCUT2D eigenvalue weighted by Gasteiger charge is 2.17. The van der Waals surface area contributed by atoms with E-state index in [1.165, 1.54) is 18.2 Å². The average Bonchev–Trinajstić information content (AvgIpc) is 2.52. The quantitative estimate of drug-likeness (QED) is 0.790. The SMILES string of the molecule is CCOc1cccc(CNc2ccc(S(C)(=O)=O)cc2S(C)(=O)=O)c1. The summed E-state index contributed by atoms with van der Waals surface area (Å²) in [5.74, 6) is 0.734. The predicted octanol–water partition coefficient (Wildman–Crippen LogP) is 2.50. The van der Waals surface area contributed by atoms with Gasteiger partial charge in [0.15, 0.2) is 19.7 Å². The molecule has 0 unspecified atom stereocenters. The molecular weight excluding hydrogens is 362 g/mol. The normalized spacial score (nSPS) is 12.0. The van der Waals surface area contributed by atoms with Crippen LogP contribution >= 0.6 is 0 Å². The van der Waals surface area contributed by atoms with E-state index < -0.39 is 19.7 Å². The Balaban J connectivity index is 2.32. The Morgan fingerprint density at radius 1 is 0.960 bits per heavy atom. The largest absolute Gasteiger partial charge is 0.494 e. The minimum Gasteiger partial charge on any atom is -0.494 e. The first-order valence-electron chi connectivity index (χ1n) is 7.61. The van der Waals surface area contributed by atoms with E-state index in [0.29, 0.717) is 18.8 Å². The molecule has 25 heavy (non-hydrogen) atoms. The molecule has 0 radical (unpaired) electrons. The minimum atomic E-state index is -3.59. The second-order valence-corrected chi connectivity index (χ2v) is 9.64. The molecule has 0 aromatic heterocycles. The molecule has 0 amide bonds. The maximum atomic E-state index is 12.0. The maximum absolute atomic E-state index is 12.0. The van der Waals surface area contributed by atoms with Crippen molar-refractivity contribution in [3.63, 3.8) is 0 Å². The van der Waals surface area contributed by atoms with Crippen LogP contribution in [0.4, 0.5) is 5.69 Å². The van der Waals surface area contributed by atoms with Crippen molar-refractivity contribution in [3.8, 4) is 5.75 Å². The molecule has 8 heteroatoms. The maximum Gasteiger partial charge on any atom is 0.177 e. The van der Waals surface area contributed by atoms with E-state index in [1.807, 2.05) is 31.2 Å². The van der Waals surface area contributed by atoms with Gasteiger partial charge in [0.05, 0.1) is 22.1 Å². The molecular formula is C17H21NO5S2. The van der Waals surface area contributed by atoms with Gasteiger partial charge in [0.2, 0.25) is 0 Å². The number of hydrogen-bond acceptors (Lipinski definition) is 6. The molecule has 0 fully saturated rings. The van der Waals surface area contributed by atoms with E-state index in [9.17, 15) is 16.8 Å². The van der Waals surface area contributed by atoms with Gasteiger partial charge in [0.25, 0.3) is 0 Å². The van der Waals surface area contributed by atoms with E-state index in [-0.39, 0.29) is 9.79 Å². The van der Waals surface area contributed by atoms with E-state index in [4.69, 9.17) is 4.74 Å². The molecule has 0 saturated heterocycles. The van der Waals surface area contributed by atoms with Gasteiger partial charge in [-0.3, -0.25) is 0 Å². The van der Waals surface area contributed by atoms with Crippen molar-refractivity contribution >= 4 is 25.4 Å². The van der Waals surface area contributed by atoms with Gasteiger partial charge < -0.3 is 10.1 Å². The Labute approximate surface area is 148 Å². The van der Waals surface area contributed by atoms with Crippen LogP contribution in [0.25, 0.3) is 0 Å². The van der Waals surface area contributed by atoms with Gasteiger partial charge >= 0.3 is 0 Å². The summed E-state index contributed by atoms with van der Waals surface area (Å²) in [5, 5.41) is 3.05. The molecule has 2 aromatic rings. The lowest BCUT2D eigenvalue weighted by molar-refractivity contribution is 0.340. The molecule has 0 aliphatic rings. The molecule has 0 aliphatic carbocycles. The Kier molecular flexibility index (Phi) is 5.74. The molecule has 2 rings (SSSR count). The number of hydrogen-bond donors (Lipinski definition) is 1. The summed E-state index contributed by atoms with van der Waals surface area (Å²) in [5.41, 5.74) is 1.27. The zero-order valence-corrected chi connectivity index (χ0v) is 15.9. The summed E-state index contributed by atoms with van der Waals surface area (Å²) in [6, 6.07) is 11.5. The predicted molar refractivity (Wildman–Crippen MR) is 97.6 cm³/mol. The monoisotopic (exact) mass is 383 g/mol. The zero-order valence-electron chi connectivity index (χ0n) is 14.3. The molecule has 136 valence electrons. The number of rotatable bonds is 7. The summed E-state index contributed by atoms with van der Waals surface area (Å²) in [4.78, 5) is -0.0757. The fourth-order valence-corrected chi connectivity index (χ4v) is 3.90. The number of benzene rings is 2. The van der Waals surface area contributed by atoms with Crippen LogP contribution in [0.3, 0.4) is 0 Å². The smallest absolute Gasteiger partial charge is 0.177 e. The van der Waals surface area contributed by atoms with Crippen molar-refractivity contribution in [1.29, 1.82) is 0 Å². The summed E-state index contributed by atoms with van der Waals surface area (Å²) >= 11 is 0. The first-order valence-corrected chi connectivity index (χ1v) is 11.4. The average molecular weight is 383 g/mol. The van der Waals surface area contributed by atoms with Gasteiger partial charge in [-0.1, -0.05) is 12.1 Å². The molecule has 0 aliphatic heterocycles. The van der Waals surface area contributed by atoms with Gasteiger partial charge in [-0.2, -0.15) is 0 Å². The van der Waals surface area contributed by atoms with Crippen molar-refractivity contribution in [3.05, 3.63) is 48.0 Å². The van der Waals surface area contributed by atoms with Crippen LogP contribution in [0.5, 0.6) is 5.75 Å². The summed E-state index contributed by atoms with van der Waals surface area (Å²) in [7, 11) is -7.08. The summed E-state index contributed by atoms with van der Waals surface area (Å²) < 4.78 is 52.8. The Bertz CT molecular complexity index is 966. The van der Waals surface area contributed by atoms with Gasteiger partial charge in [0, 0.05) is 19.1 Å². The van der Waals surface area contributed by atoms with Gasteiger partial charge in [-0.05, 0) is 42.8 Å². The summed E-state index contributed by atoms with van der Waals surface area (Å²) in [6.07, 6.45) is 2.09. The van der Waals surface area contributed by atoms with Crippen LogP contribution < -0.4 is 10.1 Å². The number of ether oxygens (including phenoxy) is 1. The molecule has 0 atom stereocenters. The highest BCUT2D eigenvalue weighted by Crippen LogP contribution is 2.26. The highest BCUT2D eigenvalue weighted by atomic mass is 32.2. The minimum absolute atomic E-state index is 0.0307. The molecule has 1 N–H and O–H groups in total. The standard InChI is InChI=1S/C17H21NO5S2/c1-4-23-14-7-5-6-13(10-14)12-18-16-9-8-15(24(2,19)20)11-17(16)25(3,21)22/h5-11,18H,4,12H2,1-3H3. The lowest BCUT2D eigenvalue weighted by Gasteiger charge is -2.13.